The maximum Gasteiger partial charge on any atom is 1.00 e. The monoisotopic (exact) mass is 716 g/mol. The molecule has 0 aliphatic heterocycles. The van der Waals surface area contributed by atoms with Gasteiger partial charge in [-0.1, -0.05) is 17.9 Å². The molecular formula is C19H9Cl2N6Na3O10S3. The molecule has 4 rings (SSSR count). The minimum Gasteiger partial charge on any atom is -0.871 e. The van der Waals surface area contributed by atoms with Crippen LogP contribution in [-0.4, -0.2) is 53.9 Å². The van der Waals surface area contributed by atoms with E-state index in [9.17, 15) is 44.0 Å². The Morgan fingerprint density at radius 3 is 1.84 bits per heavy atom. The van der Waals surface area contributed by atoms with E-state index in [0.29, 0.717) is 6.07 Å². The Labute approximate surface area is 319 Å². The molecule has 1 heterocycles. The number of halogens is 2. The predicted octanol–water partition coefficient (Wildman–Crippen LogP) is -6.37. The standard InChI is InChI=1S/C19H12Cl2N6O10S3.3Na/c20-17-23-18(21)25-19(24-17)22-8-4-5-12(38(29,30)31)10(6-8)26-27-11-7-14(40(35,36)37)9-2-1-3-13(39(32,33)34)15(9)16(11)28;;;/h1-7,28H,(H,29,30,31)(H,32,33,34)(H,35,36,37)(H,22,23,24,25);;;/q;3*+1/p-3. The van der Waals surface area contributed by atoms with Crippen LogP contribution in [0, 0.1) is 0 Å². The van der Waals surface area contributed by atoms with Gasteiger partial charge in [0.15, 0.2) is 0 Å². The molecule has 0 aliphatic rings. The average Bonchev–Trinajstić information content (AvgIpc) is 2.80. The van der Waals surface area contributed by atoms with E-state index in [4.69, 9.17) is 23.2 Å². The van der Waals surface area contributed by atoms with E-state index in [1.54, 1.807) is 0 Å². The first kappa shape index (κ1) is 40.5. The van der Waals surface area contributed by atoms with Gasteiger partial charge in [0.2, 0.25) is 16.5 Å². The second kappa shape index (κ2) is 15.4. The van der Waals surface area contributed by atoms with Crippen molar-refractivity contribution in [2.24, 2.45) is 10.2 Å². The van der Waals surface area contributed by atoms with Gasteiger partial charge in [0, 0.05) is 11.1 Å². The van der Waals surface area contributed by atoms with Gasteiger partial charge < -0.3 is 19.5 Å². The molecule has 0 fully saturated rings. The van der Waals surface area contributed by atoms with Crippen LogP contribution in [0.25, 0.3) is 10.8 Å². The van der Waals surface area contributed by atoms with E-state index < -0.39 is 72.9 Å². The maximum absolute atomic E-state index is 13.1. The third kappa shape index (κ3) is 9.72. The molecule has 0 bridgehead atoms. The van der Waals surface area contributed by atoms with Gasteiger partial charge in [-0.2, -0.15) is 28.5 Å². The van der Waals surface area contributed by atoms with Crippen molar-refractivity contribution in [2.45, 2.75) is 14.7 Å². The van der Waals surface area contributed by atoms with Crippen LogP contribution in [0.2, 0.25) is 10.6 Å². The summed E-state index contributed by atoms with van der Waals surface area (Å²) in [5.74, 6) is -1.51. The molecule has 3 aromatic carbocycles. The van der Waals surface area contributed by atoms with Gasteiger partial charge in [0.25, 0.3) is 10.1 Å². The van der Waals surface area contributed by atoms with Gasteiger partial charge in [0.1, 0.15) is 30.8 Å². The molecule has 4 aromatic rings. The van der Waals surface area contributed by atoms with Crippen LogP contribution in [0.4, 0.5) is 23.0 Å². The Morgan fingerprint density at radius 2 is 1.30 bits per heavy atom. The quantitative estimate of drug-likeness (QED) is 0.102. The summed E-state index contributed by atoms with van der Waals surface area (Å²) in [6.07, 6.45) is 0. The molecule has 43 heavy (non-hydrogen) atoms. The Bertz CT molecular complexity index is 2050. The zero-order valence-corrected chi connectivity index (χ0v) is 31.8. The number of fused-ring (bicyclic) bond motifs is 1. The molecular weight excluding hydrogens is 708 g/mol. The van der Waals surface area contributed by atoms with E-state index in [-0.39, 0.29) is 111 Å². The van der Waals surface area contributed by atoms with E-state index in [2.05, 4.69) is 30.5 Å². The van der Waals surface area contributed by atoms with Crippen LogP contribution in [0.5, 0.6) is 5.75 Å². The summed E-state index contributed by atoms with van der Waals surface area (Å²) >= 11 is 11.4. The van der Waals surface area contributed by atoms with Crippen molar-refractivity contribution < 1.29 is 133 Å². The molecule has 2 N–H and O–H groups in total. The molecule has 0 saturated carbocycles. The number of rotatable bonds is 7. The topological polar surface area (TPSA) is 267 Å². The van der Waals surface area contributed by atoms with Crippen LogP contribution in [0.1, 0.15) is 0 Å². The fourth-order valence-electron chi connectivity index (χ4n) is 3.37. The Hall–Kier alpha value is -0.560. The summed E-state index contributed by atoms with van der Waals surface area (Å²) in [7, 11) is -15.6. The Morgan fingerprint density at radius 1 is 0.744 bits per heavy atom. The zero-order valence-electron chi connectivity index (χ0n) is 21.9. The smallest absolute Gasteiger partial charge is 0.871 e. The SMILES string of the molecule is O=S(=O)([O-])c1ccc(Nc2nc(Cl)nc(Cl)n2)cc1N=Nc1cc(S(=O)(=O)O)c2cccc(S(=O)(=O)[O-])c2c1[O-].[Na+].[Na+].[Na+]. The van der Waals surface area contributed by atoms with Gasteiger partial charge in [-0.05, 0) is 58.9 Å². The molecule has 0 radical (unpaired) electrons. The van der Waals surface area contributed by atoms with Crippen molar-refractivity contribution in [1.29, 1.82) is 0 Å². The molecule has 0 saturated heterocycles. The van der Waals surface area contributed by atoms with Gasteiger partial charge in [-0.25, -0.2) is 16.8 Å². The largest absolute Gasteiger partial charge is 1.00 e. The summed E-state index contributed by atoms with van der Waals surface area (Å²) < 4.78 is 104. The molecule has 210 valence electrons. The van der Waals surface area contributed by atoms with Gasteiger partial charge >= 0.3 is 88.7 Å². The molecule has 0 atom stereocenters. The number of benzene rings is 3. The molecule has 0 unspecified atom stereocenters. The van der Waals surface area contributed by atoms with Crippen molar-refractivity contribution in [3.63, 3.8) is 0 Å². The summed E-state index contributed by atoms with van der Waals surface area (Å²) in [5.41, 5.74) is -1.61. The average molecular weight is 717 g/mol. The Balaban J connectivity index is 0.00000308. The van der Waals surface area contributed by atoms with E-state index >= 15 is 0 Å². The van der Waals surface area contributed by atoms with Crippen molar-refractivity contribution in [3.05, 3.63) is 53.0 Å². The second-order valence-electron chi connectivity index (χ2n) is 7.49. The number of aromatic nitrogens is 3. The fraction of sp³-hybridized carbons (Fsp3) is 0. The predicted molar refractivity (Wildman–Crippen MR) is 133 cm³/mol. The van der Waals surface area contributed by atoms with Gasteiger partial charge in [0.05, 0.1) is 15.5 Å². The first-order chi connectivity index (χ1) is 18.4. The minimum atomic E-state index is -5.33. The molecule has 0 amide bonds. The van der Waals surface area contributed by atoms with Crippen molar-refractivity contribution >= 4 is 87.3 Å². The third-order valence-corrected chi connectivity index (χ3v) is 7.89. The molecule has 0 spiro atoms. The summed E-state index contributed by atoms with van der Waals surface area (Å²) in [5, 5.41) is 20.6. The second-order valence-corrected chi connectivity index (χ2v) is 12.3. The number of azo groups is 1. The molecule has 16 nitrogen and oxygen atoms in total. The summed E-state index contributed by atoms with van der Waals surface area (Å²) in [6, 6.07) is 6.05. The number of anilines is 2. The molecule has 1 aromatic heterocycles. The molecule has 0 aliphatic carbocycles. The summed E-state index contributed by atoms with van der Waals surface area (Å²) in [4.78, 5) is 7.99. The van der Waals surface area contributed by atoms with Gasteiger partial charge in [-0.3, -0.25) is 4.55 Å². The van der Waals surface area contributed by atoms with Crippen LogP contribution in [0.15, 0.2) is 67.4 Å². The van der Waals surface area contributed by atoms with Gasteiger partial charge in [-0.15, -0.1) is 5.11 Å². The van der Waals surface area contributed by atoms with Crippen LogP contribution >= 0.6 is 23.2 Å². The summed E-state index contributed by atoms with van der Waals surface area (Å²) in [6.45, 7) is 0. The number of hydrogen-bond acceptors (Lipinski definition) is 15. The number of nitrogens with one attached hydrogen (secondary N) is 1. The van der Waals surface area contributed by atoms with Crippen LogP contribution < -0.4 is 99.1 Å². The Kier molecular flexibility index (Phi) is 14.4. The third-order valence-electron chi connectivity index (χ3n) is 4.90. The normalized spacial score (nSPS) is 11.8. The van der Waals surface area contributed by atoms with Crippen molar-refractivity contribution in [2.75, 3.05) is 5.32 Å². The first-order valence-corrected chi connectivity index (χ1v) is 15.0. The van der Waals surface area contributed by atoms with E-state index in [1.807, 2.05) is 0 Å². The fourth-order valence-corrected chi connectivity index (χ4v) is 5.73. The first-order valence-electron chi connectivity index (χ1n) is 10.0. The molecule has 24 heteroatoms. The minimum absolute atomic E-state index is 0. The van der Waals surface area contributed by atoms with Crippen LogP contribution in [0.3, 0.4) is 0 Å². The van der Waals surface area contributed by atoms with E-state index in [1.165, 1.54) is 0 Å². The maximum atomic E-state index is 13.1. The number of hydrogen-bond donors (Lipinski definition) is 2. The van der Waals surface area contributed by atoms with Crippen molar-refractivity contribution in [1.82, 2.24) is 15.0 Å². The van der Waals surface area contributed by atoms with E-state index in [0.717, 1.165) is 36.4 Å². The van der Waals surface area contributed by atoms with Crippen molar-refractivity contribution in [3.8, 4) is 5.75 Å². The number of nitrogens with zero attached hydrogens (tertiary/aromatic N) is 5. The van der Waals surface area contributed by atoms with Crippen LogP contribution in [-0.2, 0) is 30.4 Å². The zero-order chi connectivity index (χ0) is 29.6.